The fraction of sp³-hybridized carbons (Fsp3) is 0.250. The molecule has 0 atom stereocenters. The van der Waals surface area contributed by atoms with E-state index in [1.807, 2.05) is 25.1 Å². The lowest BCUT2D eigenvalue weighted by atomic mass is 10.2. The first-order valence-corrected chi connectivity index (χ1v) is 9.11. The van der Waals surface area contributed by atoms with Crippen molar-refractivity contribution in [2.45, 2.75) is 13.3 Å². The fourth-order valence-corrected chi connectivity index (χ4v) is 2.19. The highest BCUT2D eigenvalue weighted by Gasteiger charge is 2.09. The monoisotopic (exact) mass is 420 g/mol. The van der Waals surface area contributed by atoms with Gasteiger partial charge in [-0.2, -0.15) is 0 Å². The molecule has 8 nitrogen and oxygen atoms in total. The molecule has 2 N–H and O–H groups in total. The summed E-state index contributed by atoms with van der Waals surface area (Å²) >= 11 is 5.75. The van der Waals surface area contributed by atoms with E-state index < -0.39 is 24.4 Å². The Morgan fingerprint density at radius 3 is 2.28 bits per heavy atom. The first kappa shape index (κ1) is 22.0. The van der Waals surface area contributed by atoms with Gasteiger partial charge in [0.1, 0.15) is 11.5 Å². The van der Waals surface area contributed by atoms with Gasteiger partial charge in [0.25, 0.3) is 11.8 Å². The van der Waals surface area contributed by atoms with Crippen LogP contribution in [-0.2, 0) is 19.1 Å². The second-order valence-corrected chi connectivity index (χ2v) is 6.35. The SMILES string of the molecule is Cc1cccc(OCCC(=O)OCC(=O)NNC(=O)COc2ccc(Cl)cc2)c1. The molecular formula is C20H21ClN2O6. The highest BCUT2D eigenvalue weighted by Crippen LogP contribution is 2.15. The number of ether oxygens (including phenoxy) is 3. The first-order valence-electron chi connectivity index (χ1n) is 8.73. The number of carbonyl (C=O) groups excluding carboxylic acids is 3. The van der Waals surface area contributed by atoms with Crippen molar-refractivity contribution >= 4 is 29.4 Å². The zero-order valence-electron chi connectivity index (χ0n) is 15.8. The Hall–Kier alpha value is -3.26. The molecule has 0 saturated heterocycles. The van der Waals surface area contributed by atoms with Crippen LogP contribution in [0.25, 0.3) is 0 Å². The Bertz CT molecular complexity index is 841. The zero-order chi connectivity index (χ0) is 21.1. The van der Waals surface area contributed by atoms with Gasteiger partial charge in [-0.1, -0.05) is 23.7 Å². The average Bonchev–Trinajstić information content (AvgIpc) is 2.70. The number of aryl methyl sites for hydroxylation is 1. The van der Waals surface area contributed by atoms with Gasteiger partial charge in [0.15, 0.2) is 13.2 Å². The Morgan fingerprint density at radius 2 is 1.59 bits per heavy atom. The molecule has 0 aromatic heterocycles. The minimum absolute atomic E-state index is 0.0114. The van der Waals surface area contributed by atoms with E-state index >= 15 is 0 Å². The maximum absolute atomic E-state index is 11.6. The number of esters is 1. The summed E-state index contributed by atoms with van der Waals surface area (Å²) in [5.74, 6) is -0.744. The molecule has 0 aliphatic heterocycles. The second-order valence-electron chi connectivity index (χ2n) is 5.91. The summed E-state index contributed by atoms with van der Waals surface area (Å²) in [6.07, 6.45) is -0.0114. The summed E-state index contributed by atoms with van der Waals surface area (Å²) < 4.78 is 15.5. The minimum Gasteiger partial charge on any atom is -0.493 e. The molecule has 0 radical (unpaired) electrons. The van der Waals surface area contributed by atoms with Crippen molar-refractivity contribution in [3.05, 3.63) is 59.1 Å². The molecule has 0 aliphatic rings. The van der Waals surface area contributed by atoms with E-state index in [9.17, 15) is 14.4 Å². The van der Waals surface area contributed by atoms with Gasteiger partial charge >= 0.3 is 5.97 Å². The van der Waals surface area contributed by atoms with Crippen LogP contribution in [0.5, 0.6) is 11.5 Å². The van der Waals surface area contributed by atoms with E-state index in [0.29, 0.717) is 16.5 Å². The van der Waals surface area contributed by atoms with Crippen molar-refractivity contribution < 1.29 is 28.6 Å². The summed E-state index contributed by atoms with van der Waals surface area (Å²) in [6.45, 7) is 1.23. The minimum atomic E-state index is -0.683. The third-order valence-corrected chi connectivity index (χ3v) is 3.71. The number of halogens is 1. The van der Waals surface area contributed by atoms with Crippen LogP contribution in [-0.4, -0.2) is 37.6 Å². The molecule has 0 spiro atoms. The molecule has 9 heteroatoms. The molecular weight excluding hydrogens is 400 g/mol. The van der Waals surface area contributed by atoms with E-state index in [-0.39, 0.29) is 19.6 Å². The van der Waals surface area contributed by atoms with Crippen LogP contribution < -0.4 is 20.3 Å². The van der Waals surface area contributed by atoms with Gasteiger partial charge in [-0.15, -0.1) is 0 Å². The molecule has 0 fully saturated rings. The third-order valence-electron chi connectivity index (χ3n) is 3.45. The van der Waals surface area contributed by atoms with E-state index in [4.69, 9.17) is 25.8 Å². The van der Waals surface area contributed by atoms with Crippen molar-refractivity contribution in [1.29, 1.82) is 0 Å². The molecule has 2 aromatic rings. The number of nitrogens with one attached hydrogen (secondary N) is 2. The lowest BCUT2D eigenvalue weighted by Gasteiger charge is -2.10. The van der Waals surface area contributed by atoms with E-state index in [0.717, 1.165) is 5.56 Å². The fourth-order valence-electron chi connectivity index (χ4n) is 2.07. The summed E-state index contributed by atoms with van der Waals surface area (Å²) in [7, 11) is 0. The van der Waals surface area contributed by atoms with E-state index in [1.165, 1.54) is 0 Å². The van der Waals surface area contributed by atoms with Gasteiger partial charge in [-0.3, -0.25) is 25.2 Å². The van der Waals surface area contributed by atoms with Crippen molar-refractivity contribution in [2.75, 3.05) is 19.8 Å². The van der Waals surface area contributed by atoms with Gasteiger partial charge in [-0.25, -0.2) is 0 Å². The number of hydrogen-bond donors (Lipinski definition) is 2. The number of hydrogen-bond acceptors (Lipinski definition) is 6. The maximum Gasteiger partial charge on any atom is 0.309 e. The number of carbonyl (C=O) groups is 3. The summed E-state index contributed by atoms with van der Waals surface area (Å²) in [4.78, 5) is 34.9. The second kappa shape index (κ2) is 11.6. The van der Waals surface area contributed by atoms with Crippen LogP contribution in [0.1, 0.15) is 12.0 Å². The van der Waals surface area contributed by atoms with Gasteiger partial charge in [0, 0.05) is 5.02 Å². The quantitative estimate of drug-likeness (QED) is 0.476. The van der Waals surface area contributed by atoms with Gasteiger partial charge in [0.2, 0.25) is 0 Å². The summed E-state index contributed by atoms with van der Waals surface area (Å²) in [5.41, 5.74) is 5.32. The van der Waals surface area contributed by atoms with Crippen LogP contribution in [0.3, 0.4) is 0 Å². The number of benzene rings is 2. The molecule has 2 aromatic carbocycles. The third kappa shape index (κ3) is 8.98. The molecule has 0 bridgehead atoms. The molecule has 0 unspecified atom stereocenters. The number of amides is 2. The summed E-state index contributed by atoms with van der Waals surface area (Å²) in [6, 6.07) is 13.9. The standard InChI is InChI=1S/C20H21ClN2O6/c1-14-3-2-4-17(11-14)27-10-9-20(26)29-13-19(25)23-22-18(24)12-28-16-7-5-15(21)6-8-16/h2-8,11H,9-10,12-13H2,1H3,(H,22,24)(H,23,25). The molecule has 0 heterocycles. The van der Waals surface area contributed by atoms with Crippen LogP contribution in [0.2, 0.25) is 5.02 Å². The van der Waals surface area contributed by atoms with Crippen LogP contribution in [0.15, 0.2) is 48.5 Å². The average molecular weight is 421 g/mol. The molecule has 2 amide bonds. The Labute approximate surface area is 173 Å². The molecule has 2 rings (SSSR count). The zero-order valence-corrected chi connectivity index (χ0v) is 16.5. The molecule has 29 heavy (non-hydrogen) atoms. The van der Waals surface area contributed by atoms with Crippen LogP contribution in [0, 0.1) is 6.92 Å². The highest BCUT2D eigenvalue weighted by atomic mass is 35.5. The lowest BCUT2D eigenvalue weighted by Crippen LogP contribution is -2.45. The smallest absolute Gasteiger partial charge is 0.309 e. The van der Waals surface area contributed by atoms with Gasteiger partial charge in [-0.05, 0) is 48.9 Å². The normalized spacial score (nSPS) is 10.0. The number of rotatable bonds is 9. The molecule has 0 saturated carbocycles. The summed E-state index contributed by atoms with van der Waals surface area (Å²) in [5, 5.41) is 0.547. The van der Waals surface area contributed by atoms with Crippen molar-refractivity contribution in [3.8, 4) is 11.5 Å². The van der Waals surface area contributed by atoms with Crippen molar-refractivity contribution in [3.63, 3.8) is 0 Å². The topological polar surface area (TPSA) is 103 Å². The van der Waals surface area contributed by atoms with Crippen LogP contribution >= 0.6 is 11.6 Å². The maximum atomic E-state index is 11.6. The van der Waals surface area contributed by atoms with Crippen LogP contribution in [0.4, 0.5) is 0 Å². The predicted molar refractivity (Wildman–Crippen MR) is 105 cm³/mol. The van der Waals surface area contributed by atoms with Crippen molar-refractivity contribution in [2.24, 2.45) is 0 Å². The van der Waals surface area contributed by atoms with Gasteiger partial charge < -0.3 is 14.2 Å². The van der Waals surface area contributed by atoms with E-state index in [1.54, 1.807) is 30.3 Å². The molecule has 0 aliphatic carbocycles. The first-order chi connectivity index (χ1) is 13.9. The lowest BCUT2D eigenvalue weighted by molar-refractivity contribution is -0.149. The highest BCUT2D eigenvalue weighted by molar-refractivity contribution is 6.30. The molecule has 154 valence electrons. The Morgan fingerprint density at radius 1 is 0.897 bits per heavy atom. The number of hydrazine groups is 1. The van der Waals surface area contributed by atoms with Gasteiger partial charge in [0.05, 0.1) is 13.0 Å². The predicted octanol–water partition coefficient (Wildman–Crippen LogP) is 2.19. The largest absolute Gasteiger partial charge is 0.493 e. The van der Waals surface area contributed by atoms with Crippen molar-refractivity contribution in [1.82, 2.24) is 10.9 Å². The Balaban J connectivity index is 1.55. The van der Waals surface area contributed by atoms with E-state index in [2.05, 4.69) is 10.9 Å². The Kier molecular flexibility index (Phi) is 8.78.